The number of alkyl halides is 3. The molecule has 0 radical (unpaired) electrons. The molecule has 242 valence electrons. The standard InChI is InChI=1S/C34H37F5N2O4/c1-44-31(42)14-6-3-9-17-45-30-21-24(15-16-29(30)36)33(22-23-10-4-2-5-11-23,41-32(43)40-28-12-7-8-13-28)25-18-26(34(37,38)39)20-27(35)19-25/h2,4-5,10-11,15-16,18-21,28H,3,6-9,12-14,17,22H2,1H3,(H2,40,41,43)/t33-/m1/s1. The van der Waals surface area contributed by atoms with Gasteiger partial charge in [0.1, 0.15) is 5.82 Å². The van der Waals surface area contributed by atoms with Gasteiger partial charge in [0.05, 0.1) is 24.8 Å². The Kier molecular flexibility index (Phi) is 11.4. The summed E-state index contributed by atoms with van der Waals surface area (Å²) in [4.78, 5) is 24.9. The molecule has 1 atom stereocenters. The number of amides is 2. The molecule has 4 rings (SSSR count). The zero-order valence-electron chi connectivity index (χ0n) is 25.0. The summed E-state index contributed by atoms with van der Waals surface area (Å²) >= 11 is 0. The fourth-order valence-corrected chi connectivity index (χ4v) is 5.66. The van der Waals surface area contributed by atoms with E-state index in [1.165, 1.54) is 19.2 Å². The molecule has 0 heterocycles. The molecule has 2 amide bonds. The molecule has 0 bridgehead atoms. The predicted molar refractivity (Wildman–Crippen MR) is 159 cm³/mol. The van der Waals surface area contributed by atoms with Gasteiger partial charge in [0.25, 0.3) is 0 Å². The lowest BCUT2D eigenvalue weighted by molar-refractivity contribution is -0.141. The van der Waals surface area contributed by atoms with Crippen molar-refractivity contribution in [1.29, 1.82) is 0 Å². The maximum Gasteiger partial charge on any atom is 0.416 e. The average Bonchev–Trinajstić information content (AvgIpc) is 3.51. The number of methoxy groups -OCH3 is 1. The lowest BCUT2D eigenvalue weighted by Crippen LogP contribution is -2.53. The number of hydrogen-bond donors (Lipinski definition) is 2. The van der Waals surface area contributed by atoms with Gasteiger partial charge in [-0.1, -0.05) is 49.2 Å². The van der Waals surface area contributed by atoms with Crippen LogP contribution in [0.4, 0.5) is 26.7 Å². The largest absolute Gasteiger partial charge is 0.491 e. The molecule has 0 aliphatic heterocycles. The third kappa shape index (κ3) is 9.18. The summed E-state index contributed by atoms with van der Waals surface area (Å²) < 4.78 is 82.2. The maximum atomic E-state index is 15.0. The van der Waals surface area contributed by atoms with Gasteiger partial charge in [-0.05, 0) is 79.1 Å². The number of nitrogens with one attached hydrogen (secondary N) is 2. The van der Waals surface area contributed by atoms with Gasteiger partial charge >= 0.3 is 18.2 Å². The van der Waals surface area contributed by atoms with Crippen LogP contribution in [0.25, 0.3) is 0 Å². The first-order valence-electron chi connectivity index (χ1n) is 15.0. The van der Waals surface area contributed by atoms with Crippen molar-refractivity contribution in [3.63, 3.8) is 0 Å². The van der Waals surface area contributed by atoms with Crippen molar-refractivity contribution in [2.24, 2.45) is 0 Å². The Bertz CT molecular complexity index is 1440. The fourth-order valence-electron chi connectivity index (χ4n) is 5.66. The highest BCUT2D eigenvalue weighted by Crippen LogP contribution is 2.40. The highest BCUT2D eigenvalue weighted by Gasteiger charge is 2.41. The minimum absolute atomic E-state index is 0.0781. The number of urea groups is 1. The summed E-state index contributed by atoms with van der Waals surface area (Å²) in [5, 5.41) is 5.79. The molecule has 3 aromatic carbocycles. The summed E-state index contributed by atoms with van der Waals surface area (Å²) in [7, 11) is 1.31. The SMILES string of the molecule is COC(=O)CCCCCOc1cc([C@@](Cc2ccccc2)(NC(=O)NC2CCCC2)c2cc(F)cc(C(F)(F)F)c2)ccc1F. The monoisotopic (exact) mass is 632 g/mol. The number of ether oxygens (including phenoxy) is 2. The Morgan fingerprint density at radius 1 is 0.867 bits per heavy atom. The molecule has 0 aromatic heterocycles. The second-order valence-electron chi connectivity index (χ2n) is 11.3. The van der Waals surface area contributed by atoms with Crippen LogP contribution >= 0.6 is 0 Å². The molecule has 1 aliphatic carbocycles. The summed E-state index contributed by atoms with van der Waals surface area (Å²) in [6.07, 6.45) is 0.330. The van der Waals surface area contributed by atoms with Crippen LogP contribution in [-0.4, -0.2) is 31.8 Å². The molecule has 1 fully saturated rings. The average molecular weight is 633 g/mol. The zero-order chi connectivity index (χ0) is 32.5. The lowest BCUT2D eigenvalue weighted by atomic mass is 9.77. The normalized spacial score (nSPS) is 14.9. The molecule has 45 heavy (non-hydrogen) atoms. The van der Waals surface area contributed by atoms with E-state index in [0.717, 1.165) is 43.9 Å². The maximum absolute atomic E-state index is 15.0. The molecule has 6 nitrogen and oxygen atoms in total. The van der Waals surface area contributed by atoms with E-state index in [9.17, 15) is 27.2 Å². The van der Waals surface area contributed by atoms with Crippen LogP contribution in [0.2, 0.25) is 0 Å². The smallest absolute Gasteiger partial charge is 0.416 e. The Morgan fingerprint density at radius 3 is 2.27 bits per heavy atom. The third-order valence-electron chi connectivity index (χ3n) is 7.98. The van der Waals surface area contributed by atoms with Crippen molar-refractivity contribution < 1.29 is 41.0 Å². The zero-order valence-corrected chi connectivity index (χ0v) is 25.0. The summed E-state index contributed by atoms with van der Waals surface area (Å²) in [5.74, 6) is -2.36. The van der Waals surface area contributed by atoms with E-state index in [4.69, 9.17) is 4.74 Å². The quantitative estimate of drug-likeness (QED) is 0.114. The van der Waals surface area contributed by atoms with E-state index < -0.39 is 34.9 Å². The Labute approximate surface area is 259 Å². The number of carbonyl (C=O) groups excluding carboxylic acids is 2. The molecule has 0 spiro atoms. The molecule has 3 aromatic rings. The van der Waals surface area contributed by atoms with E-state index in [1.54, 1.807) is 30.3 Å². The van der Waals surface area contributed by atoms with E-state index in [-0.39, 0.29) is 48.3 Å². The second kappa shape index (κ2) is 15.2. The van der Waals surface area contributed by atoms with Crippen molar-refractivity contribution in [2.75, 3.05) is 13.7 Å². The van der Waals surface area contributed by atoms with Crippen LogP contribution in [-0.2, 0) is 27.7 Å². The lowest BCUT2D eigenvalue weighted by Gasteiger charge is -2.37. The van der Waals surface area contributed by atoms with Gasteiger partial charge in [-0.25, -0.2) is 13.6 Å². The number of unbranched alkanes of at least 4 members (excludes halogenated alkanes) is 2. The fraction of sp³-hybridized carbons (Fsp3) is 0.412. The van der Waals surface area contributed by atoms with Crippen LogP contribution < -0.4 is 15.4 Å². The van der Waals surface area contributed by atoms with Gasteiger partial charge < -0.3 is 20.1 Å². The van der Waals surface area contributed by atoms with Gasteiger partial charge in [-0.3, -0.25) is 4.79 Å². The Hall–Kier alpha value is -4.15. The van der Waals surface area contributed by atoms with E-state index in [1.807, 2.05) is 0 Å². The van der Waals surface area contributed by atoms with Crippen molar-refractivity contribution in [2.45, 2.75) is 75.5 Å². The van der Waals surface area contributed by atoms with Crippen LogP contribution in [0.5, 0.6) is 5.75 Å². The van der Waals surface area contributed by atoms with Gasteiger partial charge in [0.2, 0.25) is 0 Å². The van der Waals surface area contributed by atoms with Gasteiger partial charge in [0.15, 0.2) is 11.6 Å². The first-order valence-corrected chi connectivity index (χ1v) is 15.0. The predicted octanol–water partition coefficient (Wildman–Crippen LogP) is 7.82. The highest BCUT2D eigenvalue weighted by atomic mass is 19.4. The van der Waals surface area contributed by atoms with Gasteiger partial charge in [-0.15, -0.1) is 0 Å². The van der Waals surface area contributed by atoms with Crippen LogP contribution in [0, 0.1) is 11.6 Å². The van der Waals surface area contributed by atoms with Crippen molar-refractivity contribution >= 4 is 12.0 Å². The molecule has 1 aliphatic rings. The highest BCUT2D eigenvalue weighted by molar-refractivity contribution is 5.76. The Morgan fingerprint density at radius 2 is 1.58 bits per heavy atom. The Balaban J connectivity index is 1.77. The van der Waals surface area contributed by atoms with Crippen molar-refractivity contribution in [3.05, 3.63) is 101 Å². The molecule has 11 heteroatoms. The summed E-state index contributed by atoms with van der Waals surface area (Å²) in [6.45, 7) is 0.0982. The first-order chi connectivity index (χ1) is 21.5. The number of halogens is 5. The summed E-state index contributed by atoms with van der Waals surface area (Å²) in [6, 6.07) is 13.9. The number of hydrogen-bond acceptors (Lipinski definition) is 4. The number of esters is 1. The van der Waals surface area contributed by atoms with Crippen molar-refractivity contribution in [3.8, 4) is 5.75 Å². The molecule has 2 N–H and O–H groups in total. The first kappa shape index (κ1) is 33.7. The van der Waals surface area contributed by atoms with Crippen LogP contribution in [0.3, 0.4) is 0 Å². The van der Waals surface area contributed by atoms with Crippen LogP contribution in [0.1, 0.15) is 73.6 Å². The van der Waals surface area contributed by atoms with E-state index >= 15 is 4.39 Å². The van der Waals surface area contributed by atoms with Gasteiger partial charge in [-0.2, -0.15) is 13.2 Å². The van der Waals surface area contributed by atoms with Crippen LogP contribution in [0.15, 0.2) is 66.7 Å². The van der Waals surface area contributed by atoms with Gasteiger partial charge in [0, 0.05) is 18.9 Å². The van der Waals surface area contributed by atoms with Crippen molar-refractivity contribution in [1.82, 2.24) is 10.6 Å². The molecular weight excluding hydrogens is 595 g/mol. The molecule has 0 saturated heterocycles. The summed E-state index contributed by atoms with van der Waals surface area (Å²) in [5.41, 5.74) is -2.32. The molecule has 1 saturated carbocycles. The molecular formula is C34H37F5N2O4. The number of rotatable bonds is 13. The minimum Gasteiger partial charge on any atom is -0.491 e. The van der Waals surface area contributed by atoms with E-state index in [0.29, 0.717) is 30.9 Å². The second-order valence-corrected chi connectivity index (χ2v) is 11.3. The molecule has 0 unspecified atom stereocenters. The van der Waals surface area contributed by atoms with E-state index in [2.05, 4.69) is 15.4 Å². The number of carbonyl (C=O) groups is 2. The number of benzene rings is 3. The minimum atomic E-state index is -4.87. The third-order valence-corrected chi connectivity index (χ3v) is 7.98. The topological polar surface area (TPSA) is 76.7 Å².